The van der Waals surface area contributed by atoms with Crippen molar-refractivity contribution in [3.63, 3.8) is 0 Å². The van der Waals surface area contributed by atoms with Crippen LogP contribution in [0.5, 0.6) is 5.75 Å². The molecular formula is C22H27NO4. The van der Waals surface area contributed by atoms with Gasteiger partial charge in [-0.1, -0.05) is 26.0 Å². The molecule has 0 fully saturated rings. The molecule has 27 heavy (non-hydrogen) atoms. The van der Waals surface area contributed by atoms with E-state index in [0.717, 1.165) is 29.1 Å². The lowest BCUT2D eigenvalue weighted by atomic mass is 9.68. The van der Waals surface area contributed by atoms with E-state index >= 15 is 0 Å². The Labute approximate surface area is 160 Å². The first kappa shape index (κ1) is 19.2. The second kappa shape index (κ2) is 7.22. The van der Waals surface area contributed by atoms with Crippen LogP contribution in [0.3, 0.4) is 0 Å². The summed E-state index contributed by atoms with van der Waals surface area (Å²) in [6.07, 6.45) is 1.24. The summed E-state index contributed by atoms with van der Waals surface area (Å²) in [5, 5.41) is 3.31. The zero-order chi connectivity index (χ0) is 19.8. The third-order valence-corrected chi connectivity index (χ3v) is 5.17. The number of esters is 1. The van der Waals surface area contributed by atoms with Crippen molar-refractivity contribution in [3.05, 3.63) is 52.4 Å². The third-order valence-electron chi connectivity index (χ3n) is 5.17. The van der Waals surface area contributed by atoms with Crippen molar-refractivity contribution in [2.45, 2.75) is 46.5 Å². The van der Waals surface area contributed by atoms with E-state index in [1.165, 1.54) is 7.11 Å². The van der Waals surface area contributed by atoms with Crippen LogP contribution in [0.1, 0.15) is 52.0 Å². The zero-order valence-corrected chi connectivity index (χ0v) is 16.6. The third kappa shape index (κ3) is 3.64. The summed E-state index contributed by atoms with van der Waals surface area (Å²) in [6.45, 7) is 8.57. The van der Waals surface area contributed by atoms with Crippen molar-refractivity contribution in [2.24, 2.45) is 5.41 Å². The van der Waals surface area contributed by atoms with Crippen LogP contribution < -0.4 is 10.1 Å². The number of carbonyl (C=O) groups is 2. The Morgan fingerprint density at radius 1 is 1.22 bits per heavy atom. The van der Waals surface area contributed by atoms with Gasteiger partial charge in [-0.2, -0.15) is 0 Å². The first-order chi connectivity index (χ1) is 12.8. The Balaban J connectivity index is 2.13. The van der Waals surface area contributed by atoms with Crippen LogP contribution >= 0.6 is 0 Å². The number of methoxy groups -OCH3 is 1. The van der Waals surface area contributed by atoms with Crippen LogP contribution in [0.4, 0.5) is 0 Å². The number of ketones is 1. The molecule has 0 radical (unpaired) electrons. The smallest absolute Gasteiger partial charge is 0.336 e. The van der Waals surface area contributed by atoms with E-state index in [2.05, 4.69) is 19.2 Å². The van der Waals surface area contributed by atoms with Crippen molar-refractivity contribution in [2.75, 3.05) is 13.7 Å². The number of ether oxygens (including phenoxy) is 2. The van der Waals surface area contributed by atoms with E-state index in [0.29, 0.717) is 24.2 Å². The van der Waals surface area contributed by atoms with Crippen LogP contribution in [0.25, 0.3) is 0 Å². The van der Waals surface area contributed by atoms with Crippen molar-refractivity contribution >= 4 is 11.8 Å². The van der Waals surface area contributed by atoms with Gasteiger partial charge in [-0.15, -0.1) is 0 Å². The molecule has 0 spiro atoms. The van der Waals surface area contributed by atoms with Crippen LogP contribution in [-0.4, -0.2) is 25.5 Å². The number of allylic oxidation sites excluding steroid dienone is 3. The van der Waals surface area contributed by atoms with Crippen LogP contribution in [0.2, 0.25) is 0 Å². The molecule has 1 atom stereocenters. The van der Waals surface area contributed by atoms with Gasteiger partial charge in [-0.25, -0.2) is 4.79 Å². The molecule has 0 aromatic heterocycles. The normalized spacial score (nSPS) is 21.5. The van der Waals surface area contributed by atoms with Crippen molar-refractivity contribution < 1.29 is 19.1 Å². The Hall–Kier alpha value is -2.56. The van der Waals surface area contributed by atoms with Crippen molar-refractivity contribution in [1.82, 2.24) is 5.32 Å². The van der Waals surface area contributed by atoms with Gasteiger partial charge in [0.15, 0.2) is 5.78 Å². The average molecular weight is 369 g/mol. The largest absolute Gasteiger partial charge is 0.494 e. The standard InChI is InChI=1S/C22H27NO4/c1-6-27-15-9-7-14(8-10-15)19-18(21(25)26-5)13(2)23-16-11-22(3,4)12-17(24)20(16)19/h7-10,19,23H,6,11-12H2,1-5H3/t19-/m0/s1. The number of hydrogen-bond donors (Lipinski definition) is 1. The SMILES string of the molecule is CCOc1ccc([C@H]2C(C(=O)OC)=C(C)NC3=C2C(=O)CC(C)(C)C3)cc1. The lowest BCUT2D eigenvalue weighted by Gasteiger charge is -2.39. The second-order valence-electron chi connectivity index (χ2n) is 7.92. The van der Waals surface area contributed by atoms with Gasteiger partial charge in [0.25, 0.3) is 0 Å². The maximum Gasteiger partial charge on any atom is 0.336 e. The van der Waals surface area contributed by atoms with Gasteiger partial charge < -0.3 is 14.8 Å². The molecule has 3 rings (SSSR count). The number of benzene rings is 1. The monoisotopic (exact) mass is 369 g/mol. The van der Waals surface area contributed by atoms with E-state index in [1.807, 2.05) is 38.1 Å². The summed E-state index contributed by atoms with van der Waals surface area (Å²) in [6, 6.07) is 7.61. The maximum atomic E-state index is 13.1. The predicted octanol–water partition coefficient (Wildman–Crippen LogP) is 3.86. The highest BCUT2D eigenvalue weighted by Crippen LogP contribution is 2.46. The van der Waals surface area contributed by atoms with Crippen LogP contribution in [0, 0.1) is 5.41 Å². The lowest BCUT2D eigenvalue weighted by molar-refractivity contribution is -0.136. The van der Waals surface area contributed by atoms with Crippen molar-refractivity contribution in [1.29, 1.82) is 0 Å². The summed E-state index contributed by atoms with van der Waals surface area (Å²) in [5.41, 5.74) is 3.62. The second-order valence-corrected chi connectivity index (χ2v) is 7.92. The van der Waals surface area contributed by atoms with Gasteiger partial charge in [-0.05, 0) is 43.4 Å². The Morgan fingerprint density at radius 3 is 2.48 bits per heavy atom. The molecule has 0 saturated carbocycles. The van der Waals surface area contributed by atoms with Crippen LogP contribution in [0.15, 0.2) is 46.8 Å². The maximum absolute atomic E-state index is 13.1. The molecular weight excluding hydrogens is 342 g/mol. The lowest BCUT2D eigenvalue weighted by Crippen LogP contribution is -2.38. The summed E-state index contributed by atoms with van der Waals surface area (Å²) < 4.78 is 10.6. The number of Topliss-reactive ketones (excluding diaryl/α,β-unsaturated/α-hetero) is 1. The minimum Gasteiger partial charge on any atom is -0.494 e. The van der Waals surface area contributed by atoms with E-state index in [9.17, 15) is 9.59 Å². The zero-order valence-electron chi connectivity index (χ0n) is 16.6. The van der Waals surface area contributed by atoms with E-state index in [4.69, 9.17) is 9.47 Å². The molecule has 2 aliphatic rings. The van der Waals surface area contributed by atoms with Gasteiger partial charge in [0.2, 0.25) is 0 Å². The summed E-state index contributed by atoms with van der Waals surface area (Å²) >= 11 is 0. The first-order valence-electron chi connectivity index (χ1n) is 9.32. The number of rotatable bonds is 4. The fourth-order valence-electron chi connectivity index (χ4n) is 4.07. The predicted molar refractivity (Wildman–Crippen MR) is 103 cm³/mol. The molecule has 5 heteroatoms. The van der Waals surface area contributed by atoms with Gasteiger partial charge in [0, 0.05) is 29.3 Å². The Kier molecular flexibility index (Phi) is 5.13. The van der Waals surface area contributed by atoms with Gasteiger partial charge in [0.1, 0.15) is 5.75 Å². The molecule has 144 valence electrons. The van der Waals surface area contributed by atoms with Crippen LogP contribution in [-0.2, 0) is 14.3 Å². The number of hydrogen-bond acceptors (Lipinski definition) is 5. The minimum atomic E-state index is -0.423. The number of dihydropyridines is 1. The molecule has 5 nitrogen and oxygen atoms in total. The van der Waals surface area contributed by atoms with Gasteiger partial charge >= 0.3 is 5.97 Å². The average Bonchev–Trinajstić information content (AvgIpc) is 2.60. The first-order valence-corrected chi connectivity index (χ1v) is 9.32. The van der Waals surface area contributed by atoms with E-state index in [-0.39, 0.29) is 11.2 Å². The van der Waals surface area contributed by atoms with Crippen molar-refractivity contribution in [3.8, 4) is 5.75 Å². The summed E-state index contributed by atoms with van der Waals surface area (Å²) in [4.78, 5) is 25.6. The Morgan fingerprint density at radius 2 is 1.89 bits per heavy atom. The highest BCUT2D eigenvalue weighted by Gasteiger charge is 2.42. The molecule has 1 aliphatic carbocycles. The molecule has 0 bridgehead atoms. The van der Waals surface area contributed by atoms with E-state index < -0.39 is 11.9 Å². The molecule has 1 N–H and O–H groups in total. The minimum absolute atomic E-state index is 0.0848. The summed E-state index contributed by atoms with van der Waals surface area (Å²) in [7, 11) is 1.37. The number of carbonyl (C=O) groups excluding carboxylic acids is 2. The Bertz CT molecular complexity index is 830. The number of nitrogens with one attached hydrogen (secondary N) is 1. The van der Waals surface area contributed by atoms with Gasteiger partial charge in [0.05, 0.1) is 19.3 Å². The summed E-state index contributed by atoms with van der Waals surface area (Å²) in [5.74, 6) is 0.0124. The molecule has 1 aromatic rings. The molecule has 0 amide bonds. The fourth-order valence-corrected chi connectivity index (χ4v) is 4.07. The molecule has 0 unspecified atom stereocenters. The highest BCUT2D eigenvalue weighted by molar-refractivity contribution is 6.04. The molecule has 1 aromatic carbocycles. The quantitative estimate of drug-likeness (QED) is 0.817. The topological polar surface area (TPSA) is 64.6 Å². The molecule has 0 saturated heterocycles. The highest BCUT2D eigenvalue weighted by atomic mass is 16.5. The van der Waals surface area contributed by atoms with E-state index in [1.54, 1.807) is 0 Å². The fraction of sp³-hybridized carbons (Fsp3) is 0.455. The molecule has 1 aliphatic heterocycles. The van der Waals surface area contributed by atoms with Gasteiger partial charge in [-0.3, -0.25) is 4.79 Å². The molecule has 1 heterocycles.